The lowest BCUT2D eigenvalue weighted by Gasteiger charge is -2.24. The molecule has 2 amide bonds. The van der Waals surface area contributed by atoms with E-state index in [1.165, 1.54) is 4.90 Å². The zero-order chi connectivity index (χ0) is 12.0. The number of carbonyl (C=O) groups excluding carboxylic acids is 2. The second-order valence-electron chi connectivity index (χ2n) is 4.32. The first kappa shape index (κ1) is 13.0. The molecule has 5 nitrogen and oxygen atoms in total. The van der Waals surface area contributed by atoms with Gasteiger partial charge in [0, 0.05) is 20.5 Å². The second-order valence-corrected chi connectivity index (χ2v) is 4.32. The molecule has 0 radical (unpaired) electrons. The van der Waals surface area contributed by atoms with E-state index in [2.05, 4.69) is 10.6 Å². The lowest BCUT2D eigenvalue weighted by atomic mass is 9.94. The van der Waals surface area contributed by atoms with Gasteiger partial charge in [0.25, 0.3) is 0 Å². The van der Waals surface area contributed by atoms with Gasteiger partial charge in [-0.15, -0.1) is 0 Å². The van der Waals surface area contributed by atoms with Crippen LogP contribution in [0.1, 0.15) is 19.3 Å². The second kappa shape index (κ2) is 6.48. The molecule has 1 fully saturated rings. The minimum Gasteiger partial charge on any atom is -0.358 e. The van der Waals surface area contributed by atoms with Crippen molar-refractivity contribution >= 4 is 11.8 Å². The van der Waals surface area contributed by atoms with Crippen molar-refractivity contribution in [1.29, 1.82) is 0 Å². The standard InChI is InChI=1S/C11H21N3O2/c1-12-10(15)8-14(2)11(16)7-9-3-5-13-6-4-9/h9,13H,3-8H2,1-2H3,(H,12,15). The van der Waals surface area contributed by atoms with Crippen LogP contribution in [-0.4, -0.2) is 50.4 Å². The maximum absolute atomic E-state index is 11.8. The number of nitrogens with one attached hydrogen (secondary N) is 2. The first-order valence-electron chi connectivity index (χ1n) is 5.78. The average Bonchev–Trinajstić information content (AvgIpc) is 2.30. The van der Waals surface area contributed by atoms with Crippen LogP contribution >= 0.6 is 0 Å². The van der Waals surface area contributed by atoms with Crippen LogP contribution in [0, 0.1) is 5.92 Å². The van der Waals surface area contributed by atoms with Crippen molar-refractivity contribution in [2.75, 3.05) is 33.7 Å². The highest BCUT2D eigenvalue weighted by molar-refractivity contribution is 5.84. The van der Waals surface area contributed by atoms with E-state index in [0.717, 1.165) is 25.9 Å². The van der Waals surface area contributed by atoms with Gasteiger partial charge in [0.05, 0.1) is 6.54 Å². The van der Waals surface area contributed by atoms with Gasteiger partial charge in [-0.1, -0.05) is 0 Å². The van der Waals surface area contributed by atoms with E-state index in [0.29, 0.717) is 12.3 Å². The molecule has 1 saturated heterocycles. The lowest BCUT2D eigenvalue weighted by molar-refractivity contribution is -0.135. The van der Waals surface area contributed by atoms with E-state index in [1.54, 1.807) is 14.1 Å². The molecule has 1 rings (SSSR count). The van der Waals surface area contributed by atoms with Crippen molar-refractivity contribution in [3.05, 3.63) is 0 Å². The summed E-state index contributed by atoms with van der Waals surface area (Å²) in [4.78, 5) is 24.4. The molecule has 0 aromatic carbocycles. The van der Waals surface area contributed by atoms with Crippen LogP contribution in [0.15, 0.2) is 0 Å². The lowest BCUT2D eigenvalue weighted by Crippen LogP contribution is -2.38. The Morgan fingerprint density at radius 3 is 2.56 bits per heavy atom. The van der Waals surface area contributed by atoms with Crippen LogP contribution in [0.4, 0.5) is 0 Å². The quantitative estimate of drug-likeness (QED) is 0.686. The van der Waals surface area contributed by atoms with Crippen molar-refractivity contribution in [2.24, 2.45) is 5.92 Å². The summed E-state index contributed by atoms with van der Waals surface area (Å²) in [5.41, 5.74) is 0. The highest BCUT2D eigenvalue weighted by atomic mass is 16.2. The SMILES string of the molecule is CNC(=O)CN(C)C(=O)CC1CCNCC1. The summed E-state index contributed by atoms with van der Waals surface area (Å²) in [5, 5.41) is 5.78. The van der Waals surface area contributed by atoms with Gasteiger partial charge in [0.1, 0.15) is 0 Å². The first-order chi connectivity index (χ1) is 7.63. The normalized spacial score (nSPS) is 16.9. The summed E-state index contributed by atoms with van der Waals surface area (Å²) in [6.07, 6.45) is 2.67. The van der Waals surface area contributed by atoms with Gasteiger partial charge in [-0.3, -0.25) is 9.59 Å². The maximum Gasteiger partial charge on any atom is 0.239 e. The Balaban J connectivity index is 2.29. The van der Waals surface area contributed by atoms with E-state index >= 15 is 0 Å². The molecule has 0 atom stereocenters. The number of hydrogen-bond acceptors (Lipinski definition) is 3. The Labute approximate surface area is 96.6 Å². The summed E-state index contributed by atoms with van der Waals surface area (Å²) in [5.74, 6) is 0.414. The fourth-order valence-corrected chi connectivity index (χ4v) is 1.87. The summed E-state index contributed by atoms with van der Waals surface area (Å²) in [7, 11) is 3.26. The number of amides is 2. The molecule has 1 heterocycles. The molecular formula is C11H21N3O2. The van der Waals surface area contributed by atoms with Crippen LogP contribution in [0.5, 0.6) is 0 Å². The van der Waals surface area contributed by atoms with Crippen LogP contribution < -0.4 is 10.6 Å². The Bertz CT molecular complexity index is 250. The van der Waals surface area contributed by atoms with Crippen molar-refractivity contribution in [3.63, 3.8) is 0 Å². The van der Waals surface area contributed by atoms with Gasteiger partial charge >= 0.3 is 0 Å². The third kappa shape index (κ3) is 4.18. The van der Waals surface area contributed by atoms with E-state index < -0.39 is 0 Å². The summed E-state index contributed by atoms with van der Waals surface area (Å²) in [6.45, 7) is 2.15. The summed E-state index contributed by atoms with van der Waals surface area (Å²) < 4.78 is 0. The highest BCUT2D eigenvalue weighted by Crippen LogP contribution is 2.16. The van der Waals surface area contributed by atoms with E-state index in [-0.39, 0.29) is 18.4 Å². The third-order valence-electron chi connectivity index (χ3n) is 3.01. The van der Waals surface area contributed by atoms with Crippen molar-refractivity contribution < 1.29 is 9.59 Å². The largest absolute Gasteiger partial charge is 0.358 e. The molecule has 0 spiro atoms. The zero-order valence-corrected chi connectivity index (χ0v) is 10.1. The zero-order valence-electron chi connectivity index (χ0n) is 10.1. The van der Waals surface area contributed by atoms with Crippen LogP contribution in [0.25, 0.3) is 0 Å². The smallest absolute Gasteiger partial charge is 0.239 e. The number of hydrogen-bond donors (Lipinski definition) is 2. The third-order valence-corrected chi connectivity index (χ3v) is 3.01. The van der Waals surface area contributed by atoms with E-state index in [9.17, 15) is 9.59 Å². The summed E-state index contributed by atoms with van der Waals surface area (Å²) in [6, 6.07) is 0. The number of carbonyl (C=O) groups is 2. The monoisotopic (exact) mass is 227 g/mol. The molecule has 0 aliphatic carbocycles. The van der Waals surface area contributed by atoms with E-state index in [4.69, 9.17) is 0 Å². The van der Waals surface area contributed by atoms with Gasteiger partial charge < -0.3 is 15.5 Å². The highest BCUT2D eigenvalue weighted by Gasteiger charge is 2.19. The van der Waals surface area contributed by atoms with Gasteiger partial charge in [0.15, 0.2) is 0 Å². The molecular weight excluding hydrogens is 206 g/mol. The number of piperidine rings is 1. The van der Waals surface area contributed by atoms with Crippen molar-refractivity contribution in [1.82, 2.24) is 15.5 Å². The summed E-state index contributed by atoms with van der Waals surface area (Å²) >= 11 is 0. The van der Waals surface area contributed by atoms with Gasteiger partial charge in [-0.05, 0) is 31.8 Å². The number of likely N-dealkylation sites (N-methyl/N-ethyl adjacent to an activating group) is 2. The predicted molar refractivity (Wildman–Crippen MR) is 61.9 cm³/mol. The molecule has 1 aliphatic heterocycles. The van der Waals surface area contributed by atoms with Gasteiger partial charge in [-0.25, -0.2) is 0 Å². The van der Waals surface area contributed by atoms with Gasteiger partial charge in [-0.2, -0.15) is 0 Å². The minimum atomic E-state index is -0.124. The Morgan fingerprint density at radius 1 is 1.38 bits per heavy atom. The topological polar surface area (TPSA) is 61.4 Å². The molecule has 16 heavy (non-hydrogen) atoms. The molecule has 2 N–H and O–H groups in total. The molecule has 0 aromatic heterocycles. The average molecular weight is 227 g/mol. The molecule has 0 unspecified atom stereocenters. The molecule has 0 bridgehead atoms. The number of nitrogens with zero attached hydrogens (tertiary/aromatic N) is 1. The minimum absolute atomic E-state index is 0.0653. The molecule has 92 valence electrons. The number of rotatable bonds is 4. The van der Waals surface area contributed by atoms with Gasteiger partial charge in [0.2, 0.25) is 11.8 Å². The van der Waals surface area contributed by atoms with Crippen molar-refractivity contribution in [3.8, 4) is 0 Å². The fourth-order valence-electron chi connectivity index (χ4n) is 1.87. The first-order valence-corrected chi connectivity index (χ1v) is 5.78. The van der Waals surface area contributed by atoms with E-state index in [1.807, 2.05) is 0 Å². The Hall–Kier alpha value is -1.10. The molecule has 1 aliphatic rings. The van der Waals surface area contributed by atoms with Crippen molar-refractivity contribution in [2.45, 2.75) is 19.3 Å². The molecule has 5 heteroatoms. The molecule has 0 aromatic rings. The fraction of sp³-hybridized carbons (Fsp3) is 0.818. The Morgan fingerprint density at radius 2 is 2.00 bits per heavy atom. The van der Waals surface area contributed by atoms with Crippen LogP contribution in [0.3, 0.4) is 0 Å². The predicted octanol–water partition coefficient (Wildman–Crippen LogP) is -0.419. The maximum atomic E-state index is 11.8. The van der Waals surface area contributed by atoms with Crippen LogP contribution in [-0.2, 0) is 9.59 Å². The Kier molecular flexibility index (Phi) is 5.25. The van der Waals surface area contributed by atoms with Crippen LogP contribution in [0.2, 0.25) is 0 Å². The molecule has 0 saturated carbocycles.